The van der Waals surface area contributed by atoms with E-state index in [1.54, 1.807) is 19.3 Å². The van der Waals surface area contributed by atoms with Crippen molar-refractivity contribution in [1.29, 1.82) is 0 Å². The number of fused-ring (bicyclic) bond motifs is 2. The molecule has 1 amide bonds. The van der Waals surface area contributed by atoms with Crippen LogP contribution in [0.2, 0.25) is 0 Å². The van der Waals surface area contributed by atoms with Crippen molar-refractivity contribution in [3.63, 3.8) is 0 Å². The first-order valence-corrected chi connectivity index (χ1v) is 6.91. The van der Waals surface area contributed by atoms with E-state index in [4.69, 9.17) is 0 Å². The third-order valence-electron chi connectivity index (χ3n) is 4.25. The monoisotopic (exact) mass is 260 g/mol. The van der Waals surface area contributed by atoms with E-state index in [0.29, 0.717) is 12.1 Å². The number of hydrogen-bond acceptors (Lipinski definition) is 4. The first-order chi connectivity index (χ1) is 9.07. The summed E-state index contributed by atoms with van der Waals surface area (Å²) in [4.78, 5) is 22.5. The highest BCUT2D eigenvalue weighted by Crippen LogP contribution is 2.41. The minimum absolute atomic E-state index is 0.0614. The highest BCUT2D eigenvalue weighted by Gasteiger charge is 2.47. The van der Waals surface area contributed by atoms with Crippen LogP contribution in [0.15, 0.2) is 18.5 Å². The Morgan fingerprint density at radius 2 is 1.89 bits per heavy atom. The number of carbonyl (C=O) groups excluding carboxylic acids is 1. The number of nitrogens with one attached hydrogen (secondary N) is 1. The number of nitrogens with zero attached hydrogens (tertiary/aromatic N) is 3. The van der Waals surface area contributed by atoms with E-state index in [0.717, 1.165) is 31.6 Å². The molecule has 19 heavy (non-hydrogen) atoms. The molecule has 2 atom stereocenters. The number of amides is 1. The zero-order valence-corrected chi connectivity index (χ0v) is 11.5. The molecule has 2 bridgehead atoms. The van der Waals surface area contributed by atoms with Crippen LogP contribution in [0.3, 0.4) is 0 Å². The fourth-order valence-corrected chi connectivity index (χ4v) is 3.76. The second-order valence-electron chi connectivity index (χ2n) is 5.99. The third-order valence-corrected chi connectivity index (χ3v) is 4.25. The fraction of sp³-hybridized carbons (Fsp3) is 0.643. The van der Waals surface area contributed by atoms with Crippen LogP contribution in [0.5, 0.6) is 0 Å². The van der Waals surface area contributed by atoms with Crippen molar-refractivity contribution in [3.8, 4) is 0 Å². The molecule has 0 radical (unpaired) electrons. The van der Waals surface area contributed by atoms with Gasteiger partial charge in [-0.25, -0.2) is 9.97 Å². The second kappa shape index (κ2) is 4.47. The maximum atomic E-state index is 11.4. The molecule has 5 nitrogen and oxygen atoms in total. The van der Waals surface area contributed by atoms with Crippen LogP contribution in [0, 0.1) is 0 Å². The van der Waals surface area contributed by atoms with Gasteiger partial charge in [-0.05, 0) is 38.7 Å². The summed E-state index contributed by atoms with van der Waals surface area (Å²) in [7, 11) is 0. The van der Waals surface area contributed by atoms with Crippen LogP contribution in [-0.4, -0.2) is 33.5 Å². The molecule has 1 aromatic rings. The van der Waals surface area contributed by atoms with Gasteiger partial charge in [0, 0.05) is 36.9 Å². The Morgan fingerprint density at radius 1 is 1.32 bits per heavy atom. The molecule has 5 heteroatoms. The minimum Gasteiger partial charge on any atom is -0.351 e. The lowest BCUT2D eigenvalue weighted by molar-refractivity contribution is -0.121. The topological polar surface area (TPSA) is 58.1 Å². The van der Waals surface area contributed by atoms with Crippen molar-refractivity contribution in [2.75, 3.05) is 4.90 Å². The summed E-state index contributed by atoms with van der Waals surface area (Å²) in [5.41, 5.74) is -0.0804. The van der Waals surface area contributed by atoms with Gasteiger partial charge in [0.05, 0.1) is 0 Å². The summed E-state index contributed by atoms with van der Waals surface area (Å²) >= 11 is 0. The number of anilines is 1. The van der Waals surface area contributed by atoms with Gasteiger partial charge >= 0.3 is 0 Å². The van der Waals surface area contributed by atoms with Crippen molar-refractivity contribution in [2.24, 2.45) is 0 Å². The van der Waals surface area contributed by atoms with Gasteiger partial charge in [0.1, 0.15) is 0 Å². The maximum absolute atomic E-state index is 11.4. The molecule has 0 spiro atoms. The molecule has 0 saturated carbocycles. The first kappa shape index (κ1) is 12.4. The van der Waals surface area contributed by atoms with Crippen LogP contribution < -0.4 is 10.2 Å². The van der Waals surface area contributed by atoms with Crippen molar-refractivity contribution in [1.82, 2.24) is 15.3 Å². The SMILES string of the molecule is CC(=O)NC1(C)CC2CCC(C1)N2c1ncccn1. The number of rotatable bonds is 2. The predicted octanol–water partition coefficient (Wildman–Crippen LogP) is 1.50. The van der Waals surface area contributed by atoms with E-state index < -0.39 is 0 Å². The minimum atomic E-state index is -0.0804. The lowest BCUT2D eigenvalue weighted by Crippen LogP contribution is -2.57. The van der Waals surface area contributed by atoms with E-state index in [1.807, 2.05) is 6.07 Å². The summed E-state index contributed by atoms with van der Waals surface area (Å²) in [6.45, 7) is 3.75. The van der Waals surface area contributed by atoms with Crippen LogP contribution >= 0.6 is 0 Å². The predicted molar refractivity (Wildman–Crippen MR) is 72.8 cm³/mol. The van der Waals surface area contributed by atoms with Crippen LogP contribution in [0.25, 0.3) is 0 Å². The number of hydrogen-bond donors (Lipinski definition) is 1. The summed E-state index contributed by atoms with van der Waals surface area (Å²) < 4.78 is 0. The number of carbonyl (C=O) groups is 1. The normalized spacial score (nSPS) is 33.3. The lowest BCUT2D eigenvalue weighted by Gasteiger charge is -2.45. The van der Waals surface area contributed by atoms with Crippen LogP contribution in [0.4, 0.5) is 5.95 Å². The largest absolute Gasteiger partial charge is 0.351 e. The third kappa shape index (κ3) is 2.29. The molecule has 2 aliphatic heterocycles. The van der Waals surface area contributed by atoms with Crippen molar-refractivity contribution >= 4 is 11.9 Å². The Balaban J connectivity index is 1.81. The molecular weight excluding hydrogens is 240 g/mol. The average molecular weight is 260 g/mol. The molecule has 2 fully saturated rings. The standard InChI is InChI=1S/C14H20N4O/c1-10(19)17-14(2)8-11-4-5-12(9-14)18(11)13-15-6-3-7-16-13/h3,6-7,11-12H,4-5,8-9H2,1-2H3,(H,17,19). The highest BCUT2D eigenvalue weighted by atomic mass is 16.1. The second-order valence-corrected chi connectivity index (χ2v) is 5.99. The molecule has 3 rings (SSSR count). The van der Waals surface area contributed by atoms with Gasteiger partial charge < -0.3 is 10.2 Å². The average Bonchev–Trinajstić information content (AvgIpc) is 2.63. The van der Waals surface area contributed by atoms with Gasteiger partial charge in [-0.15, -0.1) is 0 Å². The molecule has 3 heterocycles. The van der Waals surface area contributed by atoms with E-state index >= 15 is 0 Å². The van der Waals surface area contributed by atoms with Crippen molar-refractivity contribution < 1.29 is 4.79 Å². The fourth-order valence-electron chi connectivity index (χ4n) is 3.76. The molecule has 0 aromatic carbocycles. The summed E-state index contributed by atoms with van der Waals surface area (Å²) in [6, 6.07) is 2.73. The maximum Gasteiger partial charge on any atom is 0.225 e. The van der Waals surface area contributed by atoms with Gasteiger partial charge in [-0.1, -0.05) is 0 Å². The van der Waals surface area contributed by atoms with E-state index in [-0.39, 0.29) is 11.4 Å². The van der Waals surface area contributed by atoms with Gasteiger partial charge in [0.2, 0.25) is 11.9 Å². The Labute approximate surface area is 113 Å². The smallest absolute Gasteiger partial charge is 0.225 e. The highest BCUT2D eigenvalue weighted by molar-refractivity contribution is 5.73. The number of piperidine rings is 1. The van der Waals surface area contributed by atoms with E-state index in [9.17, 15) is 4.79 Å². The Kier molecular flexibility index (Phi) is 2.92. The molecule has 1 N–H and O–H groups in total. The van der Waals surface area contributed by atoms with Gasteiger partial charge in [-0.3, -0.25) is 4.79 Å². The first-order valence-electron chi connectivity index (χ1n) is 6.91. The summed E-state index contributed by atoms with van der Waals surface area (Å²) in [6.07, 6.45) is 7.87. The lowest BCUT2D eigenvalue weighted by atomic mass is 9.84. The molecule has 102 valence electrons. The number of aromatic nitrogens is 2. The zero-order chi connectivity index (χ0) is 13.5. The molecule has 2 saturated heterocycles. The molecular formula is C14H20N4O. The quantitative estimate of drug-likeness (QED) is 0.875. The van der Waals surface area contributed by atoms with Crippen molar-refractivity contribution in [2.45, 2.75) is 57.2 Å². The molecule has 0 aliphatic carbocycles. The van der Waals surface area contributed by atoms with E-state index in [1.165, 1.54) is 0 Å². The Morgan fingerprint density at radius 3 is 2.42 bits per heavy atom. The summed E-state index contributed by atoms with van der Waals surface area (Å²) in [5.74, 6) is 0.895. The van der Waals surface area contributed by atoms with Gasteiger partial charge in [0.15, 0.2) is 0 Å². The summed E-state index contributed by atoms with van der Waals surface area (Å²) in [5, 5.41) is 3.12. The molecule has 2 unspecified atom stereocenters. The van der Waals surface area contributed by atoms with E-state index in [2.05, 4.69) is 27.1 Å². The van der Waals surface area contributed by atoms with Crippen LogP contribution in [0.1, 0.15) is 39.5 Å². The Hall–Kier alpha value is -1.65. The Bertz CT molecular complexity index is 462. The van der Waals surface area contributed by atoms with Gasteiger partial charge in [-0.2, -0.15) is 0 Å². The van der Waals surface area contributed by atoms with Gasteiger partial charge in [0.25, 0.3) is 0 Å². The van der Waals surface area contributed by atoms with Crippen LogP contribution in [-0.2, 0) is 4.79 Å². The van der Waals surface area contributed by atoms with Crippen molar-refractivity contribution in [3.05, 3.63) is 18.5 Å². The molecule has 2 aliphatic rings. The molecule has 1 aromatic heterocycles. The zero-order valence-electron chi connectivity index (χ0n) is 11.5.